The summed E-state index contributed by atoms with van der Waals surface area (Å²) in [6.07, 6.45) is 2.43. The fourth-order valence-corrected chi connectivity index (χ4v) is 2.05. The first kappa shape index (κ1) is 13.6. The summed E-state index contributed by atoms with van der Waals surface area (Å²) >= 11 is 0. The summed E-state index contributed by atoms with van der Waals surface area (Å²) in [6.45, 7) is 0. The van der Waals surface area contributed by atoms with Crippen LogP contribution in [0, 0.1) is 0 Å². The standard InChI is InChI=1S/C10H6N10O4/c21-7-3-5(13-1-11-3)15-9(23)19(7)17-18-20-8(22)4-6(14-2-12-4)16-10(20)24/h1-2H,(H,11,13)(H,12,14)(H,15,23)(H,16,24). The van der Waals surface area contributed by atoms with Gasteiger partial charge < -0.3 is 9.97 Å². The van der Waals surface area contributed by atoms with Crippen molar-refractivity contribution in [2.24, 2.45) is 10.4 Å². The highest BCUT2D eigenvalue weighted by atomic mass is 16.2. The topological polar surface area (TPSA) is 192 Å². The zero-order valence-electron chi connectivity index (χ0n) is 11.5. The Balaban J connectivity index is 1.93. The molecule has 4 heterocycles. The van der Waals surface area contributed by atoms with E-state index in [-0.39, 0.29) is 22.3 Å². The third-order valence-corrected chi connectivity index (χ3v) is 3.15. The molecule has 4 rings (SSSR count). The fraction of sp³-hybridized carbons (Fsp3) is 0. The highest BCUT2D eigenvalue weighted by Crippen LogP contribution is 1.96. The minimum atomic E-state index is -0.935. The van der Waals surface area contributed by atoms with E-state index < -0.39 is 22.5 Å². The van der Waals surface area contributed by atoms with Crippen LogP contribution in [-0.4, -0.2) is 39.3 Å². The Morgan fingerprint density at radius 2 is 1.17 bits per heavy atom. The first-order valence-corrected chi connectivity index (χ1v) is 6.35. The van der Waals surface area contributed by atoms with Crippen molar-refractivity contribution in [1.82, 2.24) is 39.3 Å². The average Bonchev–Trinajstić information content (AvgIpc) is 3.18. The van der Waals surface area contributed by atoms with Gasteiger partial charge in [0.15, 0.2) is 22.3 Å². The maximum absolute atomic E-state index is 12.1. The Bertz CT molecular complexity index is 1240. The Labute approximate surface area is 127 Å². The molecular weight excluding hydrogens is 324 g/mol. The summed E-state index contributed by atoms with van der Waals surface area (Å²) in [7, 11) is 0. The van der Waals surface area contributed by atoms with Crippen LogP contribution in [0.2, 0.25) is 0 Å². The smallest absolute Gasteiger partial charge is 0.339 e. The summed E-state index contributed by atoms with van der Waals surface area (Å²) < 4.78 is 0.701. The molecule has 4 aromatic heterocycles. The van der Waals surface area contributed by atoms with Crippen LogP contribution in [-0.2, 0) is 0 Å². The second-order valence-electron chi connectivity index (χ2n) is 4.53. The zero-order chi connectivity index (χ0) is 16.8. The predicted molar refractivity (Wildman–Crippen MR) is 77.6 cm³/mol. The third-order valence-electron chi connectivity index (χ3n) is 3.15. The van der Waals surface area contributed by atoms with Gasteiger partial charge >= 0.3 is 22.5 Å². The number of aromatic nitrogens is 8. The SMILES string of the molecule is O=c1[nH]c2nc[nH]c2c(=O)n1N=Nn1c(=O)[nH]c2nc[nH]c2c1=O. The number of aromatic amines is 4. The van der Waals surface area contributed by atoms with Crippen LogP contribution in [0.3, 0.4) is 0 Å². The molecule has 0 atom stereocenters. The van der Waals surface area contributed by atoms with E-state index in [0.29, 0.717) is 9.35 Å². The van der Waals surface area contributed by atoms with Gasteiger partial charge in [-0.1, -0.05) is 0 Å². The molecule has 0 bridgehead atoms. The summed E-state index contributed by atoms with van der Waals surface area (Å²) in [5.74, 6) is 0. The molecule has 0 radical (unpaired) electrons. The first-order valence-electron chi connectivity index (χ1n) is 6.35. The van der Waals surface area contributed by atoms with Crippen LogP contribution in [0.5, 0.6) is 0 Å². The molecule has 4 aromatic rings. The summed E-state index contributed by atoms with van der Waals surface area (Å²) in [6, 6.07) is 0. The molecule has 0 fully saturated rings. The van der Waals surface area contributed by atoms with E-state index in [0.717, 1.165) is 0 Å². The van der Waals surface area contributed by atoms with Gasteiger partial charge in [0.1, 0.15) is 0 Å². The summed E-state index contributed by atoms with van der Waals surface area (Å²) in [4.78, 5) is 65.0. The molecule has 4 N–H and O–H groups in total. The van der Waals surface area contributed by atoms with Gasteiger partial charge in [-0.05, 0) is 10.4 Å². The van der Waals surface area contributed by atoms with Crippen molar-refractivity contribution < 1.29 is 0 Å². The number of nitrogens with one attached hydrogen (secondary N) is 4. The lowest BCUT2D eigenvalue weighted by Gasteiger charge is -1.97. The molecule has 0 aliphatic carbocycles. The maximum atomic E-state index is 12.1. The van der Waals surface area contributed by atoms with E-state index >= 15 is 0 Å². The molecular formula is C10H6N10O4. The minimum Gasteiger partial charge on any atom is -0.339 e. The second kappa shape index (κ2) is 4.70. The van der Waals surface area contributed by atoms with Gasteiger partial charge in [-0.25, -0.2) is 19.6 Å². The molecule has 0 unspecified atom stereocenters. The first-order chi connectivity index (χ1) is 11.6. The molecule has 0 saturated heterocycles. The van der Waals surface area contributed by atoms with Gasteiger partial charge in [0, 0.05) is 0 Å². The fourth-order valence-electron chi connectivity index (χ4n) is 2.05. The molecule has 14 heteroatoms. The quantitative estimate of drug-likeness (QED) is 0.302. The normalized spacial score (nSPS) is 11.8. The highest BCUT2D eigenvalue weighted by Gasteiger charge is 2.11. The molecule has 0 aliphatic heterocycles. The van der Waals surface area contributed by atoms with Crippen LogP contribution in [0.1, 0.15) is 0 Å². The Morgan fingerprint density at radius 3 is 1.58 bits per heavy atom. The predicted octanol–water partition coefficient (Wildman–Crippen LogP) is -2.18. The third kappa shape index (κ3) is 1.83. The minimum absolute atomic E-state index is 0.0150. The number of hydrogen-bond donors (Lipinski definition) is 4. The van der Waals surface area contributed by atoms with Crippen molar-refractivity contribution in [3.8, 4) is 0 Å². The summed E-state index contributed by atoms with van der Waals surface area (Å²) in [5.41, 5.74) is -3.50. The largest absolute Gasteiger partial charge is 0.352 e. The Kier molecular flexibility index (Phi) is 2.65. The van der Waals surface area contributed by atoms with E-state index in [1.165, 1.54) is 12.7 Å². The maximum Gasteiger partial charge on any atom is 0.352 e. The monoisotopic (exact) mass is 330 g/mol. The lowest BCUT2D eigenvalue weighted by Crippen LogP contribution is -2.34. The van der Waals surface area contributed by atoms with Gasteiger partial charge in [-0.2, -0.15) is 0 Å². The number of hydrogen-bond acceptors (Lipinski definition) is 8. The van der Waals surface area contributed by atoms with E-state index in [1.54, 1.807) is 0 Å². The van der Waals surface area contributed by atoms with Gasteiger partial charge in [-0.15, -0.1) is 9.35 Å². The Morgan fingerprint density at radius 1 is 0.750 bits per heavy atom. The lowest BCUT2D eigenvalue weighted by atomic mass is 10.5. The molecule has 120 valence electrons. The van der Waals surface area contributed by atoms with Crippen molar-refractivity contribution in [3.05, 3.63) is 54.3 Å². The highest BCUT2D eigenvalue weighted by molar-refractivity contribution is 5.68. The zero-order valence-corrected chi connectivity index (χ0v) is 11.5. The Hall–Kier alpha value is -4.10. The number of H-pyrrole nitrogens is 4. The van der Waals surface area contributed by atoms with Crippen molar-refractivity contribution in [3.63, 3.8) is 0 Å². The van der Waals surface area contributed by atoms with Crippen molar-refractivity contribution in [1.29, 1.82) is 0 Å². The second-order valence-corrected chi connectivity index (χ2v) is 4.53. The number of rotatable bonds is 2. The van der Waals surface area contributed by atoms with Crippen molar-refractivity contribution >= 4 is 22.3 Å². The van der Waals surface area contributed by atoms with E-state index in [9.17, 15) is 19.2 Å². The van der Waals surface area contributed by atoms with Crippen LogP contribution in [0.4, 0.5) is 0 Å². The number of imidazole rings is 2. The van der Waals surface area contributed by atoms with Gasteiger partial charge in [0.2, 0.25) is 0 Å². The summed E-state index contributed by atoms with van der Waals surface area (Å²) in [5, 5.41) is 6.73. The van der Waals surface area contributed by atoms with E-state index in [2.05, 4.69) is 40.4 Å². The van der Waals surface area contributed by atoms with Gasteiger partial charge in [0.05, 0.1) is 12.7 Å². The van der Waals surface area contributed by atoms with E-state index in [4.69, 9.17) is 0 Å². The molecule has 0 saturated carbocycles. The van der Waals surface area contributed by atoms with Crippen LogP contribution in [0.25, 0.3) is 22.3 Å². The van der Waals surface area contributed by atoms with Crippen molar-refractivity contribution in [2.75, 3.05) is 0 Å². The molecule has 24 heavy (non-hydrogen) atoms. The molecule has 0 spiro atoms. The van der Waals surface area contributed by atoms with E-state index in [1.807, 2.05) is 0 Å². The number of fused-ring (bicyclic) bond motifs is 2. The van der Waals surface area contributed by atoms with Gasteiger partial charge in [-0.3, -0.25) is 19.6 Å². The average molecular weight is 330 g/mol. The van der Waals surface area contributed by atoms with Crippen LogP contribution in [0.15, 0.2) is 42.3 Å². The molecule has 0 aliphatic rings. The molecule has 14 nitrogen and oxygen atoms in total. The number of nitrogens with zero attached hydrogens (tertiary/aromatic N) is 6. The van der Waals surface area contributed by atoms with Crippen LogP contribution >= 0.6 is 0 Å². The molecule has 0 amide bonds. The lowest BCUT2D eigenvalue weighted by molar-refractivity contribution is 0.613. The van der Waals surface area contributed by atoms with Crippen molar-refractivity contribution in [2.45, 2.75) is 0 Å². The van der Waals surface area contributed by atoms with Gasteiger partial charge in [0.25, 0.3) is 0 Å². The van der Waals surface area contributed by atoms with Crippen LogP contribution < -0.4 is 22.5 Å². The molecule has 0 aromatic carbocycles.